The molecule has 6 nitrogen and oxygen atoms in total. The summed E-state index contributed by atoms with van der Waals surface area (Å²) < 4.78 is 5.61. The molecule has 1 aromatic carbocycles. The maximum Gasteiger partial charge on any atom is 0.326 e. The van der Waals surface area contributed by atoms with Gasteiger partial charge in [-0.25, -0.2) is 9.78 Å². The van der Waals surface area contributed by atoms with E-state index in [-0.39, 0.29) is 18.2 Å². The SMILES string of the molecule is CC(C)C(NC(=O)CCc1ncc(-c2ccc(Cl)cc2)o1)C(=O)O. The van der Waals surface area contributed by atoms with Crippen LogP contribution in [-0.4, -0.2) is 28.0 Å². The number of amides is 1. The Morgan fingerprint density at radius 3 is 2.54 bits per heavy atom. The number of aliphatic carboxylic acids is 1. The fraction of sp³-hybridized carbons (Fsp3) is 0.353. The number of nitrogens with one attached hydrogen (secondary N) is 1. The zero-order chi connectivity index (χ0) is 17.7. The molecule has 1 aromatic heterocycles. The Labute approximate surface area is 144 Å². The summed E-state index contributed by atoms with van der Waals surface area (Å²) in [5, 5.41) is 12.2. The third-order valence-corrected chi connectivity index (χ3v) is 3.75. The molecule has 0 aliphatic rings. The van der Waals surface area contributed by atoms with E-state index in [0.717, 1.165) is 5.56 Å². The van der Waals surface area contributed by atoms with Gasteiger partial charge < -0.3 is 14.8 Å². The molecule has 0 fully saturated rings. The fourth-order valence-corrected chi connectivity index (χ4v) is 2.28. The molecule has 2 aromatic rings. The van der Waals surface area contributed by atoms with Gasteiger partial charge in [-0.1, -0.05) is 25.4 Å². The van der Waals surface area contributed by atoms with E-state index in [2.05, 4.69) is 10.3 Å². The zero-order valence-corrected chi connectivity index (χ0v) is 14.2. The minimum atomic E-state index is -1.04. The van der Waals surface area contributed by atoms with Gasteiger partial charge in [0.15, 0.2) is 11.7 Å². The van der Waals surface area contributed by atoms with Gasteiger partial charge in [-0.3, -0.25) is 4.79 Å². The van der Waals surface area contributed by atoms with Crippen molar-refractivity contribution in [3.63, 3.8) is 0 Å². The van der Waals surface area contributed by atoms with E-state index < -0.39 is 12.0 Å². The van der Waals surface area contributed by atoms with E-state index in [0.29, 0.717) is 23.1 Å². The number of hydrogen-bond donors (Lipinski definition) is 2. The quantitative estimate of drug-likeness (QED) is 0.800. The van der Waals surface area contributed by atoms with Crippen molar-refractivity contribution in [3.8, 4) is 11.3 Å². The van der Waals surface area contributed by atoms with E-state index >= 15 is 0 Å². The Balaban J connectivity index is 1.92. The van der Waals surface area contributed by atoms with Crippen molar-refractivity contribution in [2.24, 2.45) is 5.92 Å². The lowest BCUT2D eigenvalue weighted by Crippen LogP contribution is -2.44. The van der Waals surface area contributed by atoms with Gasteiger partial charge in [0.2, 0.25) is 5.91 Å². The first-order valence-corrected chi connectivity index (χ1v) is 7.97. The summed E-state index contributed by atoms with van der Waals surface area (Å²) >= 11 is 5.84. The van der Waals surface area contributed by atoms with E-state index in [1.807, 2.05) is 12.1 Å². The van der Waals surface area contributed by atoms with Crippen LogP contribution >= 0.6 is 11.6 Å². The normalized spacial score (nSPS) is 12.2. The van der Waals surface area contributed by atoms with Gasteiger partial charge >= 0.3 is 5.97 Å². The largest absolute Gasteiger partial charge is 0.480 e. The lowest BCUT2D eigenvalue weighted by atomic mass is 10.0. The summed E-state index contributed by atoms with van der Waals surface area (Å²) in [4.78, 5) is 27.1. The number of halogens is 1. The predicted octanol–water partition coefficient (Wildman–Crippen LogP) is 3.15. The molecule has 7 heteroatoms. The molecule has 0 radical (unpaired) electrons. The van der Waals surface area contributed by atoms with Crippen molar-refractivity contribution in [1.29, 1.82) is 0 Å². The van der Waals surface area contributed by atoms with Gasteiger partial charge in [0.1, 0.15) is 6.04 Å². The number of carbonyl (C=O) groups excluding carboxylic acids is 1. The second-order valence-corrected chi connectivity index (χ2v) is 6.19. The lowest BCUT2D eigenvalue weighted by molar-refractivity contribution is -0.143. The van der Waals surface area contributed by atoms with Crippen LogP contribution in [-0.2, 0) is 16.0 Å². The summed E-state index contributed by atoms with van der Waals surface area (Å²) in [6.07, 6.45) is 1.99. The topological polar surface area (TPSA) is 92.4 Å². The number of rotatable bonds is 7. The maximum atomic E-state index is 11.9. The summed E-state index contributed by atoms with van der Waals surface area (Å²) in [7, 11) is 0. The Morgan fingerprint density at radius 2 is 1.96 bits per heavy atom. The molecular formula is C17H19ClN2O4. The van der Waals surface area contributed by atoms with Crippen LogP contribution in [0.1, 0.15) is 26.2 Å². The van der Waals surface area contributed by atoms with E-state index in [1.165, 1.54) is 0 Å². The van der Waals surface area contributed by atoms with Gasteiger partial charge in [0, 0.05) is 23.4 Å². The molecule has 0 bridgehead atoms. The van der Waals surface area contributed by atoms with Crippen molar-refractivity contribution >= 4 is 23.5 Å². The molecule has 2 rings (SSSR count). The molecule has 24 heavy (non-hydrogen) atoms. The van der Waals surface area contributed by atoms with Crippen LogP contribution in [0.4, 0.5) is 0 Å². The molecule has 0 spiro atoms. The first-order valence-electron chi connectivity index (χ1n) is 7.59. The number of nitrogens with zero attached hydrogens (tertiary/aromatic N) is 1. The second-order valence-electron chi connectivity index (χ2n) is 5.75. The lowest BCUT2D eigenvalue weighted by Gasteiger charge is -2.17. The van der Waals surface area contributed by atoms with Gasteiger partial charge in [0.05, 0.1) is 6.20 Å². The molecule has 1 unspecified atom stereocenters. The number of aromatic nitrogens is 1. The summed E-state index contributed by atoms with van der Waals surface area (Å²) in [6.45, 7) is 3.48. The van der Waals surface area contributed by atoms with E-state index in [4.69, 9.17) is 21.1 Å². The van der Waals surface area contributed by atoms with E-state index in [1.54, 1.807) is 32.2 Å². The summed E-state index contributed by atoms with van der Waals surface area (Å²) in [6, 6.07) is 6.25. The summed E-state index contributed by atoms with van der Waals surface area (Å²) in [5.74, 6) is -0.564. The molecule has 0 saturated carbocycles. The van der Waals surface area contributed by atoms with Gasteiger partial charge in [-0.15, -0.1) is 0 Å². The highest BCUT2D eigenvalue weighted by atomic mass is 35.5. The number of carboxylic acid groups (broad SMARTS) is 1. The number of carbonyl (C=O) groups is 2. The highest BCUT2D eigenvalue weighted by Gasteiger charge is 2.23. The molecule has 0 aliphatic carbocycles. The molecule has 128 valence electrons. The van der Waals surface area contributed by atoms with Crippen molar-refractivity contribution < 1.29 is 19.1 Å². The maximum absolute atomic E-state index is 11.9. The van der Waals surface area contributed by atoms with Crippen LogP contribution in [0.5, 0.6) is 0 Å². The van der Waals surface area contributed by atoms with Gasteiger partial charge in [-0.2, -0.15) is 0 Å². The molecule has 1 amide bonds. The van der Waals surface area contributed by atoms with Crippen LogP contribution in [0.25, 0.3) is 11.3 Å². The average Bonchev–Trinajstić information content (AvgIpc) is 2.99. The first kappa shape index (κ1) is 18.0. The van der Waals surface area contributed by atoms with Crippen LogP contribution in [0.3, 0.4) is 0 Å². The molecule has 1 heterocycles. The predicted molar refractivity (Wildman–Crippen MR) is 89.7 cm³/mol. The summed E-state index contributed by atoms with van der Waals surface area (Å²) in [5.41, 5.74) is 0.841. The van der Waals surface area contributed by atoms with Gasteiger partial charge in [0.25, 0.3) is 0 Å². The van der Waals surface area contributed by atoms with Crippen LogP contribution < -0.4 is 5.32 Å². The number of oxazole rings is 1. The second kappa shape index (κ2) is 7.97. The Kier molecular flexibility index (Phi) is 5.98. The monoisotopic (exact) mass is 350 g/mol. The van der Waals surface area contributed by atoms with E-state index in [9.17, 15) is 9.59 Å². The molecular weight excluding hydrogens is 332 g/mol. The van der Waals surface area contributed by atoms with Gasteiger partial charge in [-0.05, 0) is 30.2 Å². The number of benzene rings is 1. The van der Waals surface area contributed by atoms with Crippen molar-refractivity contribution in [2.75, 3.05) is 0 Å². The Morgan fingerprint density at radius 1 is 1.29 bits per heavy atom. The minimum Gasteiger partial charge on any atom is -0.480 e. The highest BCUT2D eigenvalue weighted by molar-refractivity contribution is 6.30. The third kappa shape index (κ3) is 4.83. The van der Waals surface area contributed by atoms with Crippen LogP contribution in [0.15, 0.2) is 34.9 Å². The number of aryl methyl sites for hydroxylation is 1. The van der Waals surface area contributed by atoms with Crippen LogP contribution in [0.2, 0.25) is 5.02 Å². The zero-order valence-electron chi connectivity index (χ0n) is 13.5. The fourth-order valence-electron chi connectivity index (χ4n) is 2.15. The van der Waals surface area contributed by atoms with Crippen molar-refractivity contribution in [2.45, 2.75) is 32.7 Å². The average molecular weight is 351 g/mol. The minimum absolute atomic E-state index is 0.108. The Bertz CT molecular complexity index is 710. The Hall–Kier alpha value is -2.34. The highest BCUT2D eigenvalue weighted by Crippen LogP contribution is 2.22. The molecule has 2 N–H and O–H groups in total. The standard InChI is InChI=1S/C17H19ClN2O4/c1-10(2)16(17(22)23)20-14(21)7-8-15-19-9-13(24-15)11-3-5-12(18)6-4-11/h3-6,9-10,16H,7-8H2,1-2H3,(H,20,21)(H,22,23). The van der Waals surface area contributed by atoms with Crippen LogP contribution in [0, 0.1) is 5.92 Å². The molecule has 0 saturated heterocycles. The molecule has 1 atom stereocenters. The first-order chi connectivity index (χ1) is 11.4. The number of carboxylic acids is 1. The molecule has 0 aliphatic heterocycles. The smallest absolute Gasteiger partial charge is 0.326 e. The van der Waals surface area contributed by atoms with Crippen molar-refractivity contribution in [3.05, 3.63) is 41.4 Å². The number of hydrogen-bond acceptors (Lipinski definition) is 4. The third-order valence-electron chi connectivity index (χ3n) is 3.50. The van der Waals surface area contributed by atoms with Crippen molar-refractivity contribution in [1.82, 2.24) is 10.3 Å².